The number of piperazine rings is 1. The zero-order valence-corrected chi connectivity index (χ0v) is 56.2. The molecule has 0 spiro atoms. The van der Waals surface area contributed by atoms with E-state index < -0.39 is 24.4 Å². The highest BCUT2D eigenvalue weighted by Crippen LogP contribution is 2.16. The summed E-state index contributed by atoms with van der Waals surface area (Å²) in [6.45, 7) is 15.7. The summed E-state index contributed by atoms with van der Waals surface area (Å²) >= 11 is 0. The molecule has 1 heterocycles. The van der Waals surface area contributed by atoms with Gasteiger partial charge in [-0.25, -0.2) is 0 Å². The van der Waals surface area contributed by atoms with Gasteiger partial charge in [0.2, 0.25) is 0 Å². The molecule has 1 rings (SSSR count). The quantitative estimate of drug-likeness (QED) is 0.0254. The number of hydrogen-bond donors (Lipinski definition) is 4. The fourth-order valence-corrected chi connectivity index (χ4v) is 11.6. The van der Waals surface area contributed by atoms with Gasteiger partial charge in [-0.05, 0) is 64.7 Å². The zero-order chi connectivity index (χ0) is 62.8. The molecule has 0 radical (unpaired) electrons. The van der Waals surface area contributed by atoms with Gasteiger partial charge in [0.05, 0.1) is 0 Å². The maximum absolute atomic E-state index is 12.6. The van der Waals surface area contributed by atoms with Crippen LogP contribution in [0.5, 0.6) is 0 Å². The van der Waals surface area contributed by atoms with Crippen molar-refractivity contribution in [3.63, 3.8) is 0 Å². The molecule has 0 amide bonds. The molecule has 1 aliphatic heterocycles. The standard InChI is InChI=1S/C70H136N4O12/c1-5-9-13-17-21-25-29-33-37-43-67(79)83-59-63(75)55-73(56-64(76)60-84-68(80)44-38-34-30-26-22-18-14-10-6-2)49-41-47-71-51-53-72(54-52-71)48-42-50-74(57-65(77)61-85-69(81)45-39-35-31-27-23-19-15-11-7-3)58-66(78)62-86-70(82)46-40-36-32-28-24-20-16-12-8-4/h63-66,75-78H,5-62H2,1-4H3. The highest BCUT2D eigenvalue weighted by molar-refractivity contribution is 5.70. The van der Waals surface area contributed by atoms with E-state index in [-0.39, 0.29) is 76.5 Å². The van der Waals surface area contributed by atoms with E-state index in [1.807, 2.05) is 9.80 Å². The Morgan fingerprint density at radius 1 is 0.302 bits per heavy atom. The second-order valence-electron chi connectivity index (χ2n) is 25.6. The summed E-state index contributed by atoms with van der Waals surface area (Å²) in [5.74, 6) is -1.19. The summed E-state index contributed by atoms with van der Waals surface area (Å²) in [5.41, 5.74) is 0. The summed E-state index contributed by atoms with van der Waals surface area (Å²) in [7, 11) is 0. The first-order valence-corrected chi connectivity index (χ1v) is 36.1. The molecule has 0 saturated carbocycles. The Morgan fingerprint density at radius 2 is 0.488 bits per heavy atom. The van der Waals surface area contributed by atoms with Crippen molar-refractivity contribution in [2.75, 3.05) is 105 Å². The molecule has 1 aliphatic rings. The van der Waals surface area contributed by atoms with Gasteiger partial charge in [-0.1, -0.05) is 233 Å². The second-order valence-corrected chi connectivity index (χ2v) is 25.6. The van der Waals surface area contributed by atoms with Crippen molar-refractivity contribution in [2.24, 2.45) is 0 Å². The largest absolute Gasteiger partial charge is 0.463 e. The van der Waals surface area contributed by atoms with E-state index in [0.29, 0.717) is 38.8 Å². The number of nitrogens with zero attached hydrogens (tertiary/aromatic N) is 4. The highest BCUT2D eigenvalue weighted by atomic mass is 16.6. The number of hydrogen-bond acceptors (Lipinski definition) is 16. The molecule has 0 aromatic rings. The van der Waals surface area contributed by atoms with Crippen molar-refractivity contribution in [3.05, 3.63) is 0 Å². The van der Waals surface area contributed by atoms with Gasteiger partial charge in [0.15, 0.2) is 0 Å². The second kappa shape index (κ2) is 60.1. The van der Waals surface area contributed by atoms with Crippen LogP contribution in [0.2, 0.25) is 0 Å². The molecule has 4 unspecified atom stereocenters. The van der Waals surface area contributed by atoms with Crippen LogP contribution in [-0.4, -0.2) is 193 Å². The monoisotopic (exact) mass is 1230 g/mol. The van der Waals surface area contributed by atoms with Gasteiger partial charge in [-0.2, -0.15) is 0 Å². The topological polar surface area (TPSA) is 199 Å². The minimum absolute atomic E-state index is 0.110. The number of unbranched alkanes of at least 4 members (excludes halogenated alkanes) is 32. The smallest absolute Gasteiger partial charge is 0.305 e. The number of aliphatic hydroxyl groups is 4. The number of carbonyl (C=O) groups excluding carboxylic acids is 4. The van der Waals surface area contributed by atoms with Crippen molar-refractivity contribution >= 4 is 23.9 Å². The normalized spacial score (nSPS) is 14.6. The lowest BCUT2D eigenvalue weighted by Gasteiger charge is -2.36. The third-order valence-electron chi connectivity index (χ3n) is 16.9. The van der Waals surface area contributed by atoms with Crippen LogP contribution in [0.1, 0.15) is 297 Å². The lowest BCUT2D eigenvalue weighted by Crippen LogP contribution is -2.48. The van der Waals surface area contributed by atoms with Crippen LogP contribution in [0, 0.1) is 0 Å². The molecule has 0 aromatic heterocycles. The Morgan fingerprint density at radius 3 is 0.686 bits per heavy atom. The summed E-state index contributed by atoms with van der Waals surface area (Å²) < 4.78 is 22.0. The van der Waals surface area contributed by atoms with Crippen LogP contribution < -0.4 is 0 Å². The van der Waals surface area contributed by atoms with Crippen molar-refractivity contribution < 1.29 is 58.6 Å². The Balaban J connectivity index is 2.71. The minimum Gasteiger partial charge on any atom is -0.463 e. The lowest BCUT2D eigenvalue weighted by molar-refractivity contribution is -0.148. The molecule has 16 heteroatoms. The predicted molar refractivity (Wildman–Crippen MR) is 350 cm³/mol. The first-order chi connectivity index (χ1) is 41.9. The van der Waals surface area contributed by atoms with E-state index in [9.17, 15) is 39.6 Å². The molecular weight excluding hydrogens is 1090 g/mol. The zero-order valence-electron chi connectivity index (χ0n) is 56.2. The van der Waals surface area contributed by atoms with Gasteiger partial charge < -0.3 is 49.2 Å². The minimum atomic E-state index is -0.928. The number of aliphatic hydroxyl groups excluding tert-OH is 4. The van der Waals surface area contributed by atoms with Crippen LogP contribution in [-0.2, 0) is 38.1 Å². The Bertz CT molecular complexity index is 1340. The molecule has 4 N–H and O–H groups in total. The maximum atomic E-state index is 12.6. The van der Waals surface area contributed by atoms with Crippen LogP contribution in [0.4, 0.5) is 0 Å². The van der Waals surface area contributed by atoms with E-state index in [0.717, 1.165) is 129 Å². The Hall–Kier alpha value is -2.44. The van der Waals surface area contributed by atoms with E-state index in [4.69, 9.17) is 18.9 Å². The predicted octanol–water partition coefficient (Wildman–Crippen LogP) is 13.3. The number of carbonyl (C=O) groups is 4. The molecule has 1 fully saturated rings. The third-order valence-corrected chi connectivity index (χ3v) is 16.9. The summed E-state index contributed by atoms with van der Waals surface area (Å²) in [6.07, 6.45) is 41.0. The van der Waals surface area contributed by atoms with Crippen LogP contribution in [0.3, 0.4) is 0 Å². The van der Waals surface area contributed by atoms with Crippen molar-refractivity contribution in [1.82, 2.24) is 19.6 Å². The van der Waals surface area contributed by atoms with Gasteiger partial charge in [-0.15, -0.1) is 0 Å². The molecule has 0 aliphatic carbocycles. The molecule has 86 heavy (non-hydrogen) atoms. The Labute approximate surface area is 526 Å². The van der Waals surface area contributed by atoms with Crippen molar-refractivity contribution in [3.8, 4) is 0 Å². The van der Waals surface area contributed by atoms with E-state index in [1.54, 1.807) is 0 Å². The Kier molecular flexibility index (Phi) is 57.0. The van der Waals surface area contributed by atoms with Gasteiger partial charge in [0.25, 0.3) is 0 Å². The van der Waals surface area contributed by atoms with Crippen LogP contribution in [0.25, 0.3) is 0 Å². The SMILES string of the molecule is CCCCCCCCCCCC(=O)OCC(O)CN(CCCN1CCN(CCCN(CC(O)COC(=O)CCCCCCCCCCC)CC(O)COC(=O)CCCCCCCCCCC)CC1)CC(O)COC(=O)CCCCCCCCCCC. The fraction of sp³-hybridized carbons (Fsp3) is 0.943. The third kappa shape index (κ3) is 53.4. The molecule has 4 atom stereocenters. The van der Waals surface area contributed by atoms with Gasteiger partial charge in [0.1, 0.15) is 50.8 Å². The first kappa shape index (κ1) is 81.6. The molecule has 0 aromatic carbocycles. The van der Waals surface area contributed by atoms with Gasteiger partial charge in [0, 0.05) is 78.0 Å². The van der Waals surface area contributed by atoms with Crippen LogP contribution in [0.15, 0.2) is 0 Å². The van der Waals surface area contributed by atoms with Crippen molar-refractivity contribution in [1.29, 1.82) is 0 Å². The summed E-state index contributed by atoms with van der Waals surface area (Å²) in [6, 6.07) is 0. The van der Waals surface area contributed by atoms with E-state index in [2.05, 4.69) is 37.5 Å². The molecule has 508 valence electrons. The lowest BCUT2D eigenvalue weighted by atomic mass is 10.1. The summed E-state index contributed by atoms with van der Waals surface area (Å²) in [4.78, 5) is 59.2. The maximum Gasteiger partial charge on any atom is 0.305 e. The summed E-state index contributed by atoms with van der Waals surface area (Å²) in [5, 5.41) is 44.3. The molecule has 0 bridgehead atoms. The number of esters is 4. The van der Waals surface area contributed by atoms with E-state index >= 15 is 0 Å². The highest BCUT2D eigenvalue weighted by Gasteiger charge is 2.23. The van der Waals surface area contributed by atoms with E-state index in [1.165, 1.54) is 154 Å². The molecule has 1 saturated heterocycles. The van der Waals surface area contributed by atoms with Crippen LogP contribution >= 0.6 is 0 Å². The molecule has 16 nitrogen and oxygen atoms in total. The average Bonchev–Trinajstić information content (AvgIpc) is 3.68. The number of rotatable bonds is 64. The van der Waals surface area contributed by atoms with Gasteiger partial charge >= 0.3 is 23.9 Å². The number of ether oxygens (including phenoxy) is 4. The fourth-order valence-electron chi connectivity index (χ4n) is 11.6. The molecular formula is C70H136N4O12. The van der Waals surface area contributed by atoms with Crippen molar-refractivity contribution in [2.45, 2.75) is 322 Å². The first-order valence-electron chi connectivity index (χ1n) is 36.1. The average molecular weight is 1230 g/mol. The van der Waals surface area contributed by atoms with Gasteiger partial charge in [-0.3, -0.25) is 29.0 Å².